The second kappa shape index (κ2) is 7.15. The van der Waals surface area contributed by atoms with E-state index < -0.39 is 5.97 Å². The Labute approximate surface area is 140 Å². The lowest BCUT2D eigenvalue weighted by Crippen LogP contribution is -2.36. The number of halogens is 1. The summed E-state index contributed by atoms with van der Waals surface area (Å²) in [5.41, 5.74) is 1.49. The van der Waals surface area contributed by atoms with Gasteiger partial charge in [-0.15, -0.1) is 0 Å². The number of piperidine rings is 1. The lowest BCUT2D eigenvalue weighted by molar-refractivity contribution is 0.0696. The number of rotatable bonds is 5. The molecule has 0 amide bonds. The summed E-state index contributed by atoms with van der Waals surface area (Å²) >= 11 is 5.88. The largest absolute Gasteiger partial charge is 0.478 e. The molecule has 1 aromatic carbocycles. The fourth-order valence-corrected chi connectivity index (χ4v) is 3.32. The topological polar surface area (TPSA) is 58.4 Å². The maximum absolute atomic E-state index is 11.1. The molecule has 23 heavy (non-hydrogen) atoms. The maximum Gasteiger partial charge on any atom is 0.335 e. The van der Waals surface area contributed by atoms with Crippen molar-refractivity contribution in [2.75, 3.05) is 19.6 Å². The van der Waals surface area contributed by atoms with Crippen molar-refractivity contribution < 1.29 is 9.90 Å². The third-order valence-corrected chi connectivity index (χ3v) is 4.55. The number of hydrogen-bond acceptors (Lipinski definition) is 3. The lowest BCUT2D eigenvalue weighted by atomic mass is 9.89. The highest BCUT2D eigenvalue weighted by Crippen LogP contribution is 2.27. The molecule has 1 aromatic heterocycles. The molecule has 1 atom stereocenters. The van der Waals surface area contributed by atoms with Crippen LogP contribution in [0.3, 0.4) is 0 Å². The van der Waals surface area contributed by atoms with Gasteiger partial charge in [-0.1, -0.05) is 23.7 Å². The number of carbonyl (C=O) groups is 1. The standard InChI is InChI=1S/C17H20ClN3O2/c18-16-10-19-21(12-16)8-7-20-6-2-5-15(11-20)13-3-1-4-14(9-13)17(22)23/h1,3-4,9-10,12,15H,2,5-8,11H2,(H,22,23). The second-order valence-electron chi connectivity index (χ2n) is 5.99. The number of aromatic carboxylic acids is 1. The highest BCUT2D eigenvalue weighted by molar-refractivity contribution is 6.30. The average Bonchev–Trinajstić information content (AvgIpc) is 2.99. The summed E-state index contributed by atoms with van der Waals surface area (Å²) in [6, 6.07) is 7.33. The van der Waals surface area contributed by atoms with E-state index in [9.17, 15) is 4.79 Å². The summed E-state index contributed by atoms with van der Waals surface area (Å²) in [5.74, 6) is -0.473. The van der Waals surface area contributed by atoms with Gasteiger partial charge in [0.25, 0.3) is 0 Å². The Kier molecular flexibility index (Phi) is 4.98. The average molecular weight is 334 g/mol. The molecule has 2 aromatic rings. The van der Waals surface area contributed by atoms with E-state index in [4.69, 9.17) is 16.7 Å². The van der Waals surface area contributed by atoms with Crippen molar-refractivity contribution in [2.45, 2.75) is 25.3 Å². The molecule has 6 heteroatoms. The van der Waals surface area contributed by atoms with E-state index in [0.717, 1.165) is 44.6 Å². The van der Waals surface area contributed by atoms with E-state index >= 15 is 0 Å². The highest BCUT2D eigenvalue weighted by atomic mass is 35.5. The van der Waals surface area contributed by atoms with Crippen molar-refractivity contribution in [1.82, 2.24) is 14.7 Å². The van der Waals surface area contributed by atoms with Crippen LogP contribution in [0.25, 0.3) is 0 Å². The first-order chi connectivity index (χ1) is 11.1. The van der Waals surface area contributed by atoms with Gasteiger partial charge >= 0.3 is 5.97 Å². The Morgan fingerprint density at radius 2 is 2.26 bits per heavy atom. The van der Waals surface area contributed by atoms with Crippen LogP contribution in [-0.2, 0) is 6.54 Å². The van der Waals surface area contributed by atoms with Gasteiger partial charge in [-0.3, -0.25) is 4.68 Å². The Morgan fingerprint density at radius 3 is 3.00 bits per heavy atom. The summed E-state index contributed by atoms with van der Waals surface area (Å²) < 4.78 is 1.86. The minimum atomic E-state index is -0.866. The van der Waals surface area contributed by atoms with Crippen LogP contribution in [0, 0.1) is 0 Å². The van der Waals surface area contributed by atoms with Gasteiger partial charge in [0.1, 0.15) is 0 Å². The van der Waals surface area contributed by atoms with Crippen molar-refractivity contribution in [2.24, 2.45) is 0 Å². The molecule has 1 aliphatic heterocycles. The van der Waals surface area contributed by atoms with Gasteiger partial charge in [0.15, 0.2) is 0 Å². The van der Waals surface area contributed by atoms with Crippen LogP contribution in [0.2, 0.25) is 5.02 Å². The molecular weight excluding hydrogens is 314 g/mol. The second-order valence-corrected chi connectivity index (χ2v) is 6.43. The van der Waals surface area contributed by atoms with Crippen LogP contribution in [0.1, 0.15) is 34.7 Å². The number of carboxylic acids is 1. The van der Waals surface area contributed by atoms with Crippen molar-refractivity contribution in [3.63, 3.8) is 0 Å². The van der Waals surface area contributed by atoms with E-state index in [1.165, 1.54) is 0 Å². The summed E-state index contributed by atoms with van der Waals surface area (Å²) in [4.78, 5) is 13.5. The molecule has 0 spiro atoms. The Bertz CT molecular complexity index is 686. The molecule has 5 nitrogen and oxygen atoms in total. The molecule has 1 aliphatic rings. The molecule has 0 bridgehead atoms. The van der Waals surface area contributed by atoms with Gasteiger partial charge in [-0.25, -0.2) is 4.79 Å². The van der Waals surface area contributed by atoms with Crippen LogP contribution in [-0.4, -0.2) is 45.4 Å². The molecule has 0 saturated carbocycles. The van der Waals surface area contributed by atoms with Gasteiger partial charge in [-0.2, -0.15) is 5.10 Å². The SMILES string of the molecule is O=C(O)c1cccc(C2CCCN(CCn3cc(Cl)cn3)C2)c1. The molecule has 0 aliphatic carbocycles. The molecule has 1 unspecified atom stereocenters. The van der Waals surface area contributed by atoms with E-state index in [1.807, 2.05) is 29.1 Å². The zero-order chi connectivity index (χ0) is 16.2. The number of hydrogen-bond donors (Lipinski definition) is 1. The normalized spacial score (nSPS) is 18.9. The third kappa shape index (κ3) is 4.12. The highest BCUT2D eigenvalue weighted by Gasteiger charge is 2.21. The smallest absolute Gasteiger partial charge is 0.335 e. The zero-order valence-corrected chi connectivity index (χ0v) is 13.6. The molecule has 1 saturated heterocycles. The van der Waals surface area contributed by atoms with Gasteiger partial charge in [0, 0.05) is 19.3 Å². The van der Waals surface area contributed by atoms with Crippen LogP contribution in [0.4, 0.5) is 0 Å². The molecule has 1 N–H and O–H groups in total. The molecule has 0 radical (unpaired) electrons. The van der Waals surface area contributed by atoms with Crippen molar-refractivity contribution >= 4 is 17.6 Å². The predicted molar refractivity (Wildman–Crippen MR) is 89.1 cm³/mol. The monoisotopic (exact) mass is 333 g/mol. The molecule has 1 fully saturated rings. The van der Waals surface area contributed by atoms with Crippen molar-refractivity contribution in [3.8, 4) is 0 Å². The van der Waals surface area contributed by atoms with Gasteiger partial charge in [0.2, 0.25) is 0 Å². The minimum Gasteiger partial charge on any atom is -0.478 e. The predicted octanol–water partition coefficient (Wildman–Crippen LogP) is 3.11. The number of nitrogens with zero attached hydrogens (tertiary/aromatic N) is 3. The number of likely N-dealkylation sites (tertiary alicyclic amines) is 1. The van der Waals surface area contributed by atoms with Gasteiger partial charge < -0.3 is 10.0 Å². The summed E-state index contributed by atoms with van der Waals surface area (Å²) in [5, 5.41) is 14.0. The molecule has 2 heterocycles. The number of benzene rings is 1. The van der Waals surface area contributed by atoms with Crippen LogP contribution in [0.5, 0.6) is 0 Å². The van der Waals surface area contributed by atoms with Crippen LogP contribution >= 0.6 is 11.6 Å². The Morgan fingerprint density at radius 1 is 1.39 bits per heavy atom. The first-order valence-electron chi connectivity index (χ1n) is 7.85. The lowest BCUT2D eigenvalue weighted by Gasteiger charge is -2.33. The Hall–Kier alpha value is -1.85. The molecular formula is C17H20ClN3O2. The van der Waals surface area contributed by atoms with Gasteiger partial charge in [0.05, 0.1) is 23.3 Å². The zero-order valence-electron chi connectivity index (χ0n) is 12.9. The maximum atomic E-state index is 11.1. The first-order valence-corrected chi connectivity index (χ1v) is 8.23. The Balaban J connectivity index is 1.61. The fourth-order valence-electron chi connectivity index (χ4n) is 3.16. The quantitative estimate of drug-likeness (QED) is 0.913. The minimum absolute atomic E-state index is 0.366. The summed E-state index contributed by atoms with van der Waals surface area (Å²) in [7, 11) is 0. The first kappa shape index (κ1) is 16.0. The van der Waals surface area contributed by atoms with E-state index in [-0.39, 0.29) is 0 Å². The molecule has 122 valence electrons. The van der Waals surface area contributed by atoms with E-state index in [1.54, 1.807) is 12.3 Å². The summed E-state index contributed by atoms with van der Waals surface area (Å²) in [6.45, 7) is 3.77. The fraction of sp³-hybridized carbons (Fsp3) is 0.412. The third-order valence-electron chi connectivity index (χ3n) is 4.36. The number of aromatic nitrogens is 2. The van der Waals surface area contributed by atoms with Crippen molar-refractivity contribution in [1.29, 1.82) is 0 Å². The van der Waals surface area contributed by atoms with Gasteiger partial charge in [-0.05, 0) is 43.0 Å². The van der Waals surface area contributed by atoms with E-state index in [0.29, 0.717) is 16.5 Å². The molecule has 3 rings (SSSR count). The van der Waals surface area contributed by atoms with Crippen LogP contribution in [0.15, 0.2) is 36.7 Å². The van der Waals surface area contributed by atoms with E-state index in [2.05, 4.69) is 10.00 Å². The van der Waals surface area contributed by atoms with Crippen LogP contribution < -0.4 is 0 Å². The van der Waals surface area contributed by atoms with Crippen molar-refractivity contribution in [3.05, 3.63) is 52.8 Å². The number of carboxylic acid groups (broad SMARTS) is 1. The summed E-state index contributed by atoms with van der Waals surface area (Å²) in [6.07, 6.45) is 5.71.